The zero-order valence-corrected chi connectivity index (χ0v) is 21.4. The van der Waals surface area contributed by atoms with Gasteiger partial charge < -0.3 is 14.7 Å². The molecule has 2 aromatic carbocycles. The van der Waals surface area contributed by atoms with Crippen LogP contribution in [-0.2, 0) is 11.2 Å². The van der Waals surface area contributed by atoms with Crippen LogP contribution in [0.5, 0.6) is 0 Å². The first kappa shape index (κ1) is 27.2. The van der Waals surface area contributed by atoms with E-state index in [0.29, 0.717) is 24.3 Å². The summed E-state index contributed by atoms with van der Waals surface area (Å²) in [6.07, 6.45) is 6.31. The maximum Gasteiger partial charge on any atom is 0.132 e. The van der Waals surface area contributed by atoms with Gasteiger partial charge in [-0.2, -0.15) is 0 Å². The van der Waals surface area contributed by atoms with Crippen LogP contribution < -0.4 is 4.90 Å². The van der Waals surface area contributed by atoms with E-state index < -0.39 is 0 Å². The lowest BCUT2D eigenvalue weighted by Gasteiger charge is -2.29. The minimum atomic E-state index is -0.306. The molecule has 7 heteroatoms. The van der Waals surface area contributed by atoms with Gasteiger partial charge in [-0.15, -0.1) is 0 Å². The van der Waals surface area contributed by atoms with E-state index in [2.05, 4.69) is 26.4 Å². The van der Waals surface area contributed by atoms with Crippen LogP contribution in [0, 0.1) is 5.82 Å². The quantitative estimate of drug-likeness (QED) is 0.427. The summed E-state index contributed by atoms with van der Waals surface area (Å²) in [5.41, 5.74) is 5.96. The number of aromatic nitrogens is 2. The number of ether oxygens (including phenoxy) is 1. The monoisotopic (exact) mass is 490 g/mol. The largest absolute Gasteiger partial charge is 0.396 e. The molecule has 0 amide bonds. The summed E-state index contributed by atoms with van der Waals surface area (Å²) in [6.45, 7) is 13.1. The summed E-state index contributed by atoms with van der Waals surface area (Å²) in [5, 5.41) is 8.70. The van der Waals surface area contributed by atoms with Crippen LogP contribution >= 0.6 is 0 Å². The summed E-state index contributed by atoms with van der Waals surface area (Å²) in [6, 6.07) is 11.2. The second kappa shape index (κ2) is 13.6. The number of rotatable bonds is 7. The van der Waals surface area contributed by atoms with E-state index >= 15 is 0 Å². The molecule has 0 unspecified atom stereocenters. The molecule has 1 saturated heterocycles. The molecule has 0 spiro atoms. The van der Waals surface area contributed by atoms with Gasteiger partial charge in [0.25, 0.3) is 0 Å². The lowest BCUT2D eigenvalue weighted by Crippen LogP contribution is -2.36. The fourth-order valence-corrected chi connectivity index (χ4v) is 3.83. The predicted molar refractivity (Wildman–Crippen MR) is 146 cm³/mol. The van der Waals surface area contributed by atoms with Crippen LogP contribution in [0.2, 0.25) is 0 Å². The highest BCUT2D eigenvalue weighted by Gasteiger charge is 2.16. The number of aliphatic hydroxyl groups excluding tert-OH is 1. The Labute approximate surface area is 212 Å². The number of allylic oxidation sites excluding steroid dienone is 3. The van der Waals surface area contributed by atoms with Crippen molar-refractivity contribution in [1.29, 1.82) is 0 Å². The number of morpholine rings is 1. The molecule has 1 aliphatic rings. The molecule has 0 bridgehead atoms. The average Bonchev–Trinajstić information content (AvgIpc) is 2.91. The van der Waals surface area contributed by atoms with E-state index in [9.17, 15) is 4.39 Å². The highest BCUT2D eigenvalue weighted by molar-refractivity contribution is 5.94. The van der Waals surface area contributed by atoms with Gasteiger partial charge >= 0.3 is 0 Å². The Balaban J connectivity index is 0.000000840. The summed E-state index contributed by atoms with van der Waals surface area (Å²) in [4.78, 5) is 15.6. The van der Waals surface area contributed by atoms with Gasteiger partial charge in [-0.05, 0) is 56.2 Å². The Morgan fingerprint density at radius 1 is 1.17 bits per heavy atom. The molecule has 0 atom stereocenters. The van der Waals surface area contributed by atoms with E-state index in [0.717, 1.165) is 66.1 Å². The number of hydrogen-bond donors (Lipinski definition) is 1. The number of aliphatic hydroxyl groups is 1. The summed E-state index contributed by atoms with van der Waals surface area (Å²) in [5.74, 6) is -0.306. The number of anilines is 1. The van der Waals surface area contributed by atoms with E-state index in [1.165, 1.54) is 12.4 Å². The van der Waals surface area contributed by atoms with E-state index in [-0.39, 0.29) is 5.82 Å². The van der Waals surface area contributed by atoms with Crippen LogP contribution in [0.1, 0.15) is 32.8 Å². The fraction of sp³-hybridized carbons (Fsp3) is 0.345. The molecule has 6 nitrogen and oxygen atoms in total. The van der Waals surface area contributed by atoms with Gasteiger partial charge in [-0.3, -0.25) is 4.99 Å². The molecule has 2 heterocycles. The van der Waals surface area contributed by atoms with Crippen LogP contribution in [0.15, 0.2) is 71.6 Å². The Hall–Kier alpha value is -3.42. The van der Waals surface area contributed by atoms with Crippen molar-refractivity contribution >= 4 is 22.8 Å². The Morgan fingerprint density at radius 3 is 2.58 bits per heavy atom. The highest BCUT2D eigenvalue weighted by atomic mass is 19.1. The average molecular weight is 491 g/mol. The van der Waals surface area contributed by atoms with Crippen molar-refractivity contribution in [3.8, 4) is 11.3 Å². The van der Waals surface area contributed by atoms with Crippen LogP contribution in [0.25, 0.3) is 22.2 Å². The van der Waals surface area contributed by atoms with Gasteiger partial charge in [0, 0.05) is 54.7 Å². The summed E-state index contributed by atoms with van der Waals surface area (Å²) < 4.78 is 20.4. The van der Waals surface area contributed by atoms with Crippen molar-refractivity contribution in [2.75, 3.05) is 37.8 Å². The third-order valence-electron chi connectivity index (χ3n) is 5.79. The number of fused-ring (bicyclic) bond motifs is 1. The third kappa shape index (κ3) is 7.06. The standard InChI is InChI=1S/C26H27FN4O.C3H8O/c1-4-9-28-24(18(2)3)15-19-5-8-23(27)22(14-19)26-21-7-6-20(16-25(21)29-17-30-26)31-10-12-32-13-11-31;1-2-3-4/h4-9,14,16-17H,1,10-13,15H2,2-3H3;4H,2-3H2,1H3. The van der Waals surface area contributed by atoms with Crippen molar-refractivity contribution in [2.24, 2.45) is 4.99 Å². The van der Waals surface area contributed by atoms with Crippen molar-refractivity contribution < 1.29 is 14.2 Å². The van der Waals surface area contributed by atoms with E-state index in [1.54, 1.807) is 18.4 Å². The van der Waals surface area contributed by atoms with Crippen LogP contribution in [-0.4, -0.2) is 54.2 Å². The Kier molecular flexibility index (Phi) is 10.3. The first-order valence-corrected chi connectivity index (χ1v) is 12.3. The maximum atomic E-state index is 14.9. The van der Waals surface area contributed by atoms with Crippen molar-refractivity contribution in [1.82, 2.24) is 9.97 Å². The first-order valence-electron chi connectivity index (χ1n) is 12.3. The molecule has 1 N–H and O–H groups in total. The minimum Gasteiger partial charge on any atom is -0.396 e. The molecular weight excluding hydrogens is 455 g/mol. The van der Waals surface area contributed by atoms with Crippen molar-refractivity contribution in [3.63, 3.8) is 0 Å². The summed E-state index contributed by atoms with van der Waals surface area (Å²) in [7, 11) is 0. The number of aliphatic imine (C=N–C) groups is 1. The predicted octanol–water partition coefficient (Wildman–Crippen LogP) is 5.75. The minimum absolute atomic E-state index is 0.306. The van der Waals surface area contributed by atoms with Crippen molar-refractivity contribution in [2.45, 2.75) is 33.6 Å². The number of halogens is 1. The van der Waals surface area contributed by atoms with Gasteiger partial charge in [0.15, 0.2) is 0 Å². The lowest BCUT2D eigenvalue weighted by molar-refractivity contribution is 0.122. The molecule has 4 rings (SSSR count). The molecule has 0 saturated carbocycles. The number of nitrogens with zero attached hydrogens (tertiary/aromatic N) is 4. The topological polar surface area (TPSA) is 70.8 Å². The molecule has 1 fully saturated rings. The normalized spacial score (nSPS) is 13.4. The van der Waals surface area contributed by atoms with Crippen LogP contribution in [0.3, 0.4) is 0 Å². The smallest absolute Gasteiger partial charge is 0.132 e. The first-order chi connectivity index (χ1) is 17.5. The molecule has 0 aliphatic carbocycles. The molecular formula is C29H35FN4O2. The summed E-state index contributed by atoms with van der Waals surface area (Å²) >= 11 is 0. The lowest BCUT2D eigenvalue weighted by atomic mass is 10.00. The van der Waals surface area contributed by atoms with E-state index in [1.807, 2.05) is 45.0 Å². The van der Waals surface area contributed by atoms with Gasteiger partial charge in [0.2, 0.25) is 0 Å². The van der Waals surface area contributed by atoms with Gasteiger partial charge in [0.05, 0.1) is 24.4 Å². The molecule has 3 aromatic rings. The van der Waals surface area contributed by atoms with Crippen molar-refractivity contribution in [3.05, 3.63) is 78.0 Å². The molecule has 0 radical (unpaired) electrons. The second-order valence-corrected chi connectivity index (χ2v) is 8.70. The zero-order chi connectivity index (χ0) is 25.9. The molecule has 1 aromatic heterocycles. The Morgan fingerprint density at radius 2 is 1.92 bits per heavy atom. The number of hydrogen-bond acceptors (Lipinski definition) is 6. The molecule has 1 aliphatic heterocycles. The molecule has 36 heavy (non-hydrogen) atoms. The van der Waals surface area contributed by atoms with Crippen LogP contribution in [0.4, 0.5) is 10.1 Å². The SMILES string of the molecule is C=CC=NC(Cc1ccc(F)c(-c2ncnc3cc(N4CCOCC4)ccc23)c1)=C(C)C.CCCO. The maximum absolute atomic E-state index is 14.9. The van der Waals surface area contributed by atoms with Gasteiger partial charge in [-0.25, -0.2) is 14.4 Å². The third-order valence-corrected chi connectivity index (χ3v) is 5.79. The second-order valence-electron chi connectivity index (χ2n) is 8.70. The fourth-order valence-electron chi connectivity index (χ4n) is 3.83. The Bertz CT molecular complexity index is 1230. The van der Waals surface area contributed by atoms with Gasteiger partial charge in [-0.1, -0.05) is 31.2 Å². The molecule has 190 valence electrons. The zero-order valence-electron chi connectivity index (χ0n) is 21.4. The number of benzene rings is 2. The van der Waals surface area contributed by atoms with E-state index in [4.69, 9.17) is 9.84 Å². The van der Waals surface area contributed by atoms with Gasteiger partial charge in [0.1, 0.15) is 12.1 Å². The highest BCUT2D eigenvalue weighted by Crippen LogP contribution is 2.31.